The molecule has 1 amide bonds. The summed E-state index contributed by atoms with van der Waals surface area (Å²) in [6.07, 6.45) is 0.0383. The number of carbonyl (C=O) groups excluding carboxylic acids is 2. The van der Waals surface area contributed by atoms with E-state index in [9.17, 15) is 18.0 Å². The molecule has 2 aromatic rings. The van der Waals surface area contributed by atoms with Crippen LogP contribution in [0.15, 0.2) is 53.4 Å². The Kier molecular flexibility index (Phi) is 6.65. The molecule has 0 saturated heterocycles. The maximum Gasteiger partial charge on any atom is 0.240 e. The SMILES string of the molecule is CC(=O)c1ccc(S(=O)(=O)NCCC(=O)NCc2ccc(C)cc2)cc1. The smallest absolute Gasteiger partial charge is 0.240 e. The molecule has 0 fully saturated rings. The summed E-state index contributed by atoms with van der Waals surface area (Å²) < 4.78 is 26.7. The number of carbonyl (C=O) groups is 2. The molecule has 7 heteroatoms. The quantitative estimate of drug-likeness (QED) is 0.693. The van der Waals surface area contributed by atoms with Crippen LogP contribution in [0.2, 0.25) is 0 Å². The van der Waals surface area contributed by atoms with Crippen molar-refractivity contribution in [3.8, 4) is 0 Å². The Morgan fingerprint density at radius 2 is 1.58 bits per heavy atom. The Morgan fingerprint density at radius 1 is 0.962 bits per heavy atom. The lowest BCUT2D eigenvalue weighted by Gasteiger charge is -2.08. The van der Waals surface area contributed by atoms with E-state index >= 15 is 0 Å². The first-order chi connectivity index (χ1) is 12.3. The molecule has 0 unspecified atom stereocenters. The maximum absolute atomic E-state index is 12.2. The number of hydrogen-bond donors (Lipinski definition) is 2. The summed E-state index contributed by atoms with van der Waals surface area (Å²) in [7, 11) is -3.71. The molecule has 0 saturated carbocycles. The van der Waals surface area contributed by atoms with Gasteiger partial charge in [-0.3, -0.25) is 9.59 Å². The van der Waals surface area contributed by atoms with Crippen molar-refractivity contribution in [3.05, 3.63) is 65.2 Å². The third-order valence-electron chi connectivity index (χ3n) is 3.83. The van der Waals surface area contributed by atoms with Crippen LogP contribution < -0.4 is 10.0 Å². The number of benzene rings is 2. The lowest BCUT2D eigenvalue weighted by atomic mass is 10.1. The summed E-state index contributed by atoms with van der Waals surface area (Å²) in [5.74, 6) is -0.368. The first-order valence-electron chi connectivity index (χ1n) is 8.21. The summed E-state index contributed by atoms with van der Waals surface area (Å²) in [5.41, 5.74) is 2.57. The summed E-state index contributed by atoms with van der Waals surface area (Å²) in [5, 5.41) is 2.75. The van der Waals surface area contributed by atoms with Gasteiger partial charge in [0, 0.05) is 25.1 Å². The zero-order valence-corrected chi connectivity index (χ0v) is 15.6. The average molecular weight is 374 g/mol. The molecule has 0 aliphatic carbocycles. The van der Waals surface area contributed by atoms with Gasteiger partial charge in [-0.05, 0) is 31.5 Å². The average Bonchev–Trinajstić information content (AvgIpc) is 2.61. The van der Waals surface area contributed by atoms with Crippen LogP contribution in [-0.4, -0.2) is 26.7 Å². The van der Waals surface area contributed by atoms with E-state index in [4.69, 9.17) is 0 Å². The third kappa shape index (κ3) is 5.79. The fraction of sp³-hybridized carbons (Fsp3) is 0.263. The largest absolute Gasteiger partial charge is 0.352 e. The van der Waals surface area contributed by atoms with Gasteiger partial charge in [-0.25, -0.2) is 13.1 Å². The highest BCUT2D eigenvalue weighted by molar-refractivity contribution is 7.89. The monoisotopic (exact) mass is 374 g/mol. The predicted octanol–water partition coefficient (Wildman–Crippen LogP) is 2.18. The van der Waals surface area contributed by atoms with Crippen LogP contribution >= 0.6 is 0 Å². The van der Waals surface area contributed by atoms with Crippen molar-refractivity contribution in [2.24, 2.45) is 0 Å². The molecule has 0 aromatic heterocycles. The minimum absolute atomic E-state index is 0.00345. The second-order valence-corrected chi connectivity index (χ2v) is 7.76. The number of aryl methyl sites for hydroxylation is 1. The molecule has 0 aliphatic heterocycles. The topological polar surface area (TPSA) is 92.3 Å². The molecular weight excluding hydrogens is 352 g/mol. The zero-order chi connectivity index (χ0) is 19.2. The molecule has 0 spiro atoms. The predicted molar refractivity (Wildman–Crippen MR) is 99.3 cm³/mol. The van der Waals surface area contributed by atoms with Gasteiger partial charge in [-0.1, -0.05) is 42.0 Å². The van der Waals surface area contributed by atoms with E-state index in [0.29, 0.717) is 12.1 Å². The van der Waals surface area contributed by atoms with Gasteiger partial charge >= 0.3 is 0 Å². The zero-order valence-electron chi connectivity index (χ0n) is 14.8. The van der Waals surface area contributed by atoms with E-state index in [1.807, 2.05) is 31.2 Å². The van der Waals surface area contributed by atoms with Gasteiger partial charge in [0.1, 0.15) is 0 Å². The molecule has 0 atom stereocenters. The van der Waals surface area contributed by atoms with Crippen LogP contribution in [0.5, 0.6) is 0 Å². The number of hydrogen-bond acceptors (Lipinski definition) is 4. The summed E-state index contributed by atoms with van der Waals surface area (Å²) in [4.78, 5) is 23.1. The maximum atomic E-state index is 12.2. The van der Waals surface area contributed by atoms with E-state index in [0.717, 1.165) is 11.1 Å². The van der Waals surface area contributed by atoms with Gasteiger partial charge in [0.25, 0.3) is 0 Å². The van der Waals surface area contributed by atoms with E-state index in [1.165, 1.54) is 31.2 Å². The minimum atomic E-state index is -3.71. The molecule has 0 heterocycles. The van der Waals surface area contributed by atoms with Gasteiger partial charge in [-0.2, -0.15) is 0 Å². The minimum Gasteiger partial charge on any atom is -0.352 e. The number of nitrogens with one attached hydrogen (secondary N) is 2. The Labute approximate surface area is 153 Å². The van der Waals surface area contributed by atoms with Crippen molar-refractivity contribution in [2.75, 3.05) is 6.54 Å². The fourth-order valence-corrected chi connectivity index (χ4v) is 3.28. The number of ketones is 1. The Morgan fingerprint density at radius 3 is 2.15 bits per heavy atom. The van der Waals surface area contributed by atoms with Crippen LogP contribution in [0.25, 0.3) is 0 Å². The molecule has 138 valence electrons. The third-order valence-corrected chi connectivity index (χ3v) is 5.30. The molecule has 6 nitrogen and oxygen atoms in total. The molecule has 26 heavy (non-hydrogen) atoms. The first-order valence-corrected chi connectivity index (χ1v) is 9.69. The summed E-state index contributed by atoms with van der Waals surface area (Å²) >= 11 is 0. The van der Waals surface area contributed by atoms with Crippen molar-refractivity contribution in [1.82, 2.24) is 10.0 Å². The highest BCUT2D eigenvalue weighted by Crippen LogP contribution is 2.11. The van der Waals surface area contributed by atoms with Gasteiger partial charge in [0.15, 0.2) is 5.78 Å². The lowest BCUT2D eigenvalue weighted by Crippen LogP contribution is -2.30. The Hall–Kier alpha value is -2.51. The fourth-order valence-electron chi connectivity index (χ4n) is 2.25. The Bertz CT molecular complexity index is 873. The van der Waals surface area contributed by atoms with E-state index in [1.54, 1.807) is 0 Å². The summed E-state index contributed by atoms with van der Waals surface area (Å²) in [6, 6.07) is 13.5. The molecule has 2 N–H and O–H groups in total. The second kappa shape index (κ2) is 8.73. The molecule has 0 radical (unpaired) electrons. The van der Waals surface area contributed by atoms with E-state index in [2.05, 4.69) is 10.0 Å². The second-order valence-electron chi connectivity index (χ2n) is 5.99. The van der Waals surface area contributed by atoms with Gasteiger partial charge in [0.05, 0.1) is 4.90 Å². The van der Waals surface area contributed by atoms with Crippen molar-refractivity contribution < 1.29 is 18.0 Å². The highest BCUT2D eigenvalue weighted by Gasteiger charge is 2.14. The van der Waals surface area contributed by atoms with Crippen LogP contribution in [0.3, 0.4) is 0 Å². The van der Waals surface area contributed by atoms with Gasteiger partial charge < -0.3 is 5.32 Å². The number of rotatable bonds is 8. The van der Waals surface area contributed by atoms with Gasteiger partial charge in [-0.15, -0.1) is 0 Å². The van der Waals surface area contributed by atoms with Crippen molar-refractivity contribution in [3.63, 3.8) is 0 Å². The molecule has 2 rings (SSSR count). The van der Waals surface area contributed by atoms with Crippen LogP contribution in [-0.2, 0) is 21.4 Å². The number of amides is 1. The van der Waals surface area contributed by atoms with Crippen molar-refractivity contribution in [2.45, 2.75) is 31.7 Å². The Balaban J connectivity index is 1.80. The first kappa shape index (κ1) is 19.8. The molecular formula is C19H22N2O4S. The summed E-state index contributed by atoms with van der Waals surface area (Å²) in [6.45, 7) is 3.80. The number of Topliss-reactive ketones (excluding diaryl/α,β-unsaturated/α-hetero) is 1. The molecule has 0 bridgehead atoms. The highest BCUT2D eigenvalue weighted by atomic mass is 32.2. The molecule has 0 aliphatic rings. The van der Waals surface area contributed by atoms with Crippen molar-refractivity contribution in [1.29, 1.82) is 0 Å². The van der Waals surface area contributed by atoms with Gasteiger partial charge in [0.2, 0.25) is 15.9 Å². The standard InChI is InChI=1S/C19H22N2O4S/c1-14-3-5-16(6-4-14)13-20-19(23)11-12-21-26(24,25)18-9-7-17(8-10-18)15(2)22/h3-10,21H,11-13H2,1-2H3,(H,20,23). The van der Waals surface area contributed by atoms with Crippen LogP contribution in [0.4, 0.5) is 0 Å². The van der Waals surface area contributed by atoms with Crippen molar-refractivity contribution >= 4 is 21.7 Å². The van der Waals surface area contributed by atoms with E-state index < -0.39 is 10.0 Å². The van der Waals surface area contributed by atoms with E-state index in [-0.39, 0.29) is 29.6 Å². The van der Waals surface area contributed by atoms with Crippen LogP contribution in [0, 0.1) is 6.92 Å². The molecule has 2 aromatic carbocycles. The lowest BCUT2D eigenvalue weighted by molar-refractivity contribution is -0.121. The normalized spacial score (nSPS) is 11.2. The number of sulfonamides is 1. The van der Waals surface area contributed by atoms with Crippen LogP contribution in [0.1, 0.15) is 34.8 Å².